The molecule has 33 heavy (non-hydrogen) atoms. The molecule has 0 aliphatic carbocycles. The molecule has 1 fully saturated rings. The first kappa shape index (κ1) is 21.8. The highest BCUT2D eigenvalue weighted by Crippen LogP contribution is 2.36. The Morgan fingerprint density at radius 1 is 1.21 bits per heavy atom. The van der Waals surface area contributed by atoms with Gasteiger partial charge in [0.25, 0.3) is 0 Å². The zero-order chi connectivity index (χ0) is 23.1. The number of halogens is 2. The minimum atomic E-state index is -0.601. The number of benzene rings is 2. The summed E-state index contributed by atoms with van der Waals surface area (Å²) in [7, 11) is 3.71. The molecule has 1 saturated heterocycles. The predicted octanol–water partition coefficient (Wildman–Crippen LogP) is 4.32. The number of hydrogen-bond donors (Lipinski definition) is 1. The van der Waals surface area contributed by atoms with Gasteiger partial charge in [0.1, 0.15) is 23.6 Å². The second-order valence-electron chi connectivity index (χ2n) is 8.22. The van der Waals surface area contributed by atoms with E-state index in [4.69, 9.17) is 26.8 Å². The Hall–Kier alpha value is -3.07. The van der Waals surface area contributed by atoms with Crippen molar-refractivity contribution in [2.75, 3.05) is 33.0 Å². The number of methoxy groups -OCH3 is 1. The number of nitrogens with zero attached hydrogens (tertiary/aromatic N) is 4. The van der Waals surface area contributed by atoms with Crippen molar-refractivity contribution in [2.45, 2.75) is 18.6 Å². The van der Waals surface area contributed by atoms with Gasteiger partial charge in [-0.3, -0.25) is 9.88 Å². The predicted molar refractivity (Wildman–Crippen MR) is 127 cm³/mol. The minimum Gasteiger partial charge on any atom is -0.462 e. The van der Waals surface area contributed by atoms with Crippen molar-refractivity contribution in [3.8, 4) is 17.3 Å². The van der Waals surface area contributed by atoms with Gasteiger partial charge in [0.05, 0.1) is 11.5 Å². The lowest BCUT2D eigenvalue weighted by atomic mass is 10.0. The summed E-state index contributed by atoms with van der Waals surface area (Å²) in [5.41, 5.74) is 6.87. The van der Waals surface area contributed by atoms with E-state index < -0.39 is 5.82 Å². The third-order valence-corrected chi connectivity index (χ3v) is 6.51. The summed E-state index contributed by atoms with van der Waals surface area (Å²) in [6, 6.07) is 11.3. The van der Waals surface area contributed by atoms with E-state index >= 15 is 4.39 Å². The molecule has 3 heterocycles. The SMILES string of the molecule is CO[C@@H]1C[C@@H](COc2nc(N)c3cnc(-c4cccc5cccc(Cl)c45)c(F)c3n2)N(C)C1. The molecule has 0 unspecified atom stereocenters. The van der Waals surface area contributed by atoms with Gasteiger partial charge in [-0.05, 0) is 24.9 Å². The van der Waals surface area contributed by atoms with Crippen molar-refractivity contribution in [3.63, 3.8) is 0 Å². The molecule has 2 N–H and O–H groups in total. The molecule has 170 valence electrons. The summed E-state index contributed by atoms with van der Waals surface area (Å²) in [6.45, 7) is 1.17. The molecule has 0 saturated carbocycles. The molecule has 0 bridgehead atoms. The molecule has 2 aromatic heterocycles. The van der Waals surface area contributed by atoms with Crippen LogP contribution in [-0.2, 0) is 4.74 Å². The van der Waals surface area contributed by atoms with Gasteiger partial charge in [-0.15, -0.1) is 0 Å². The number of pyridine rings is 1. The second-order valence-corrected chi connectivity index (χ2v) is 8.62. The number of anilines is 1. The van der Waals surface area contributed by atoms with Crippen LogP contribution < -0.4 is 10.5 Å². The van der Waals surface area contributed by atoms with Crippen LogP contribution in [0.2, 0.25) is 5.02 Å². The number of nitrogen functional groups attached to an aromatic ring is 1. The Labute approximate surface area is 195 Å². The molecule has 0 radical (unpaired) electrons. The van der Waals surface area contributed by atoms with Crippen LogP contribution in [0.25, 0.3) is 32.9 Å². The van der Waals surface area contributed by atoms with Crippen LogP contribution in [0, 0.1) is 5.82 Å². The quantitative estimate of drug-likeness (QED) is 0.467. The summed E-state index contributed by atoms with van der Waals surface area (Å²) < 4.78 is 27.0. The van der Waals surface area contributed by atoms with Crippen molar-refractivity contribution in [1.29, 1.82) is 0 Å². The lowest BCUT2D eigenvalue weighted by molar-refractivity contribution is 0.111. The third kappa shape index (κ3) is 3.94. The number of ether oxygens (including phenoxy) is 2. The Morgan fingerprint density at radius 2 is 2.00 bits per heavy atom. The average Bonchev–Trinajstić information content (AvgIpc) is 3.18. The maximum Gasteiger partial charge on any atom is 0.319 e. The van der Waals surface area contributed by atoms with Crippen LogP contribution >= 0.6 is 11.6 Å². The Morgan fingerprint density at radius 3 is 2.76 bits per heavy atom. The monoisotopic (exact) mass is 467 g/mol. The maximum absolute atomic E-state index is 15.7. The fourth-order valence-electron chi connectivity index (χ4n) is 4.37. The lowest BCUT2D eigenvalue weighted by Crippen LogP contribution is -2.31. The van der Waals surface area contributed by atoms with Gasteiger partial charge in [0.15, 0.2) is 5.82 Å². The number of likely N-dealkylation sites (N-methyl/N-ethyl adjacent to an activating group) is 1. The molecule has 4 aromatic rings. The lowest BCUT2D eigenvalue weighted by Gasteiger charge is -2.18. The van der Waals surface area contributed by atoms with Crippen LogP contribution in [0.5, 0.6) is 6.01 Å². The highest BCUT2D eigenvalue weighted by Gasteiger charge is 2.30. The Bertz CT molecular complexity index is 1350. The number of likely N-dealkylation sites (tertiary alicyclic amines) is 1. The number of aromatic nitrogens is 3. The van der Waals surface area contributed by atoms with E-state index in [-0.39, 0.29) is 35.2 Å². The molecule has 9 heteroatoms. The molecule has 1 aliphatic rings. The molecule has 0 spiro atoms. The second kappa shape index (κ2) is 8.70. The van der Waals surface area contributed by atoms with Crippen LogP contribution in [-0.4, -0.2) is 59.3 Å². The van der Waals surface area contributed by atoms with Crippen molar-refractivity contribution < 1.29 is 13.9 Å². The zero-order valence-corrected chi connectivity index (χ0v) is 19.0. The van der Waals surface area contributed by atoms with Crippen LogP contribution in [0.4, 0.5) is 10.2 Å². The normalized spacial score (nSPS) is 18.9. The summed E-state index contributed by atoms with van der Waals surface area (Å²) in [6.07, 6.45) is 2.47. The maximum atomic E-state index is 15.7. The van der Waals surface area contributed by atoms with Gasteiger partial charge in [-0.1, -0.05) is 41.9 Å². The molecule has 5 rings (SSSR count). The first-order chi connectivity index (χ1) is 16.0. The topological polar surface area (TPSA) is 86.4 Å². The smallest absolute Gasteiger partial charge is 0.319 e. The zero-order valence-electron chi connectivity index (χ0n) is 18.3. The van der Waals surface area contributed by atoms with Gasteiger partial charge in [0, 0.05) is 41.9 Å². The molecule has 7 nitrogen and oxygen atoms in total. The van der Waals surface area contributed by atoms with E-state index in [9.17, 15) is 0 Å². The average molecular weight is 468 g/mol. The number of fused-ring (bicyclic) bond motifs is 2. The Kier molecular flexibility index (Phi) is 5.74. The van der Waals surface area contributed by atoms with Gasteiger partial charge in [0.2, 0.25) is 0 Å². The molecule has 0 amide bonds. The van der Waals surface area contributed by atoms with E-state index in [1.165, 1.54) is 6.20 Å². The first-order valence-electron chi connectivity index (χ1n) is 10.6. The largest absolute Gasteiger partial charge is 0.462 e. The Balaban J connectivity index is 1.53. The third-order valence-electron chi connectivity index (χ3n) is 6.19. The number of nitrogens with two attached hydrogens (primary N) is 1. The summed E-state index contributed by atoms with van der Waals surface area (Å²) >= 11 is 6.44. The van der Waals surface area contributed by atoms with Gasteiger partial charge in [-0.25, -0.2) is 4.39 Å². The van der Waals surface area contributed by atoms with Gasteiger partial charge >= 0.3 is 6.01 Å². The van der Waals surface area contributed by atoms with E-state index in [1.54, 1.807) is 19.2 Å². The first-order valence-corrected chi connectivity index (χ1v) is 11.0. The standard InChI is InChI=1S/C24H23ClFN5O2/c1-31-11-15(32-2)9-14(31)12-33-24-29-22-17(23(27)30-24)10-28-21(20(22)26)16-7-3-5-13-6-4-8-18(25)19(13)16/h3-8,10,14-15H,9,11-12H2,1-2H3,(H2,27,29,30)/t14-,15+/m0/s1. The summed E-state index contributed by atoms with van der Waals surface area (Å²) in [5.74, 6) is -0.491. The fourth-order valence-corrected chi connectivity index (χ4v) is 4.65. The molecular formula is C24H23ClFN5O2. The van der Waals surface area contributed by atoms with Gasteiger partial charge < -0.3 is 15.2 Å². The van der Waals surface area contributed by atoms with Crippen molar-refractivity contribution in [2.24, 2.45) is 0 Å². The molecule has 1 aliphatic heterocycles. The van der Waals surface area contributed by atoms with E-state index in [0.717, 1.165) is 23.7 Å². The minimum absolute atomic E-state index is 0.0290. The summed E-state index contributed by atoms with van der Waals surface area (Å²) in [4.78, 5) is 15.0. The van der Waals surface area contributed by atoms with Gasteiger partial charge in [-0.2, -0.15) is 9.97 Å². The van der Waals surface area contributed by atoms with E-state index in [2.05, 4.69) is 19.9 Å². The number of hydrogen-bond acceptors (Lipinski definition) is 7. The molecule has 2 atom stereocenters. The van der Waals surface area contributed by atoms with Crippen molar-refractivity contribution in [3.05, 3.63) is 53.4 Å². The molecular weight excluding hydrogens is 445 g/mol. The van der Waals surface area contributed by atoms with E-state index in [1.807, 2.05) is 31.3 Å². The van der Waals surface area contributed by atoms with Crippen molar-refractivity contribution in [1.82, 2.24) is 19.9 Å². The molecule has 2 aromatic carbocycles. The fraction of sp³-hybridized carbons (Fsp3) is 0.292. The van der Waals surface area contributed by atoms with Crippen LogP contribution in [0.3, 0.4) is 0 Å². The number of rotatable bonds is 5. The highest BCUT2D eigenvalue weighted by molar-refractivity contribution is 6.36. The van der Waals surface area contributed by atoms with E-state index in [0.29, 0.717) is 22.6 Å². The van der Waals surface area contributed by atoms with Crippen LogP contribution in [0.1, 0.15) is 6.42 Å². The van der Waals surface area contributed by atoms with Crippen LogP contribution in [0.15, 0.2) is 42.6 Å². The summed E-state index contributed by atoms with van der Waals surface area (Å²) in [5, 5.41) is 2.46. The van der Waals surface area contributed by atoms with Crippen molar-refractivity contribution >= 4 is 39.1 Å². The highest BCUT2D eigenvalue weighted by atomic mass is 35.5.